The summed E-state index contributed by atoms with van der Waals surface area (Å²) < 4.78 is 11.9. The van der Waals surface area contributed by atoms with Gasteiger partial charge in [0, 0.05) is 11.1 Å². The first-order valence-corrected chi connectivity index (χ1v) is 17.2. The number of benzene rings is 3. The van der Waals surface area contributed by atoms with Gasteiger partial charge in [0.1, 0.15) is 11.5 Å². The minimum Gasteiger partial charge on any atom is -0.494 e. The molecule has 0 aliphatic rings. The number of rotatable bonds is 24. The van der Waals surface area contributed by atoms with Crippen LogP contribution < -0.4 is 9.47 Å². The summed E-state index contributed by atoms with van der Waals surface area (Å²) in [6.07, 6.45) is 22.1. The van der Waals surface area contributed by atoms with Crippen LogP contribution >= 0.6 is 0 Å². The smallest absolute Gasteiger partial charge is 0.150 e. The zero-order chi connectivity index (χ0) is 31.2. The molecule has 4 nitrogen and oxygen atoms in total. The Kier molecular flexibility index (Phi) is 17.0. The van der Waals surface area contributed by atoms with Crippen LogP contribution in [0.5, 0.6) is 11.5 Å². The molecule has 0 amide bonds. The van der Waals surface area contributed by atoms with Gasteiger partial charge in [-0.25, -0.2) is 0 Å². The molecule has 0 unspecified atom stereocenters. The van der Waals surface area contributed by atoms with Crippen molar-refractivity contribution in [1.29, 1.82) is 0 Å². The summed E-state index contributed by atoms with van der Waals surface area (Å²) in [4.78, 5) is 24.3. The average molecular weight is 599 g/mol. The first-order valence-electron chi connectivity index (χ1n) is 17.2. The maximum Gasteiger partial charge on any atom is 0.150 e. The lowest BCUT2D eigenvalue weighted by atomic mass is 9.91. The van der Waals surface area contributed by atoms with Crippen molar-refractivity contribution in [2.75, 3.05) is 13.2 Å². The van der Waals surface area contributed by atoms with Gasteiger partial charge in [-0.3, -0.25) is 9.59 Å². The Morgan fingerprint density at radius 1 is 0.455 bits per heavy atom. The third kappa shape index (κ3) is 12.3. The second-order valence-electron chi connectivity index (χ2n) is 12.0. The SMILES string of the molecule is CCCCCCCCCCOc1ccc(-c2cc(C=O)c(-c3ccc(OCCCCCCCCCC)cc3)cc2C=O)cc1. The molecule has 3 aromatic carbocycles. The molecule has 44 heavy (non-hydrogen) atoms. The van der Waals surface area contributed by atoms with Crippen molar-refractivity contribution in [1.82, 2.24) is 0 Å². The molecule has 3 rings (SSSR count). The molecular formula is C40H54O4. The number of unbranched alkanes of at least 4 members (excludes halogenated alkanes) is 14. The van der Waals surface area contributed by atoms with Gasteiger partial charge in [0.25, 0.3) is 0 Å². The maximum atomic E-state index is 12.1. The van der Waals surface area contributed by atoms with E-state index < -0.39 is 0 Å². The van der Waals surface area contributed by atoms with Crippen molar-refractivity contribution in [3.63, 3.8) is 0 Å². The molecule has 0 saturated carbocycles. The lowest BCUT2D eigenvalue weighted by molar-refractivity contribution is 0.111. The van der Waals surface area contributed by atoms with Crippen LogP contribution in [0.2, 0.25) is 0 Å². The van der Waals surface area contributed by atoms with E-state index >= 15 is 0 Å². The molecule has 0 bridgehead atoms. The number of carbonyl (C=O) groups is 2. The lowest BCUT2D eigenvalue weighted by Gasteiger charge is -2.13. The van der Waals surface area contributed by atoms with Crippen molar-refractivity contribution in [2.24, 2.45) is 0 Å². The van der Waals surface area contributed by atoms with Crippen LogP contribution in [0.1, 0.15) is 137 Å². The fourth-order valence-corrected chi connectivity index (χ4v) is 5.64. The molecular weight excluding hydrogens is 544 g/mol. The lowest BCUT2D eigenvalue weighted by Crippen LogP contribution is -1.98. The van der Waals surface area contributed by atoms with Gasteiger partial charge < -0.3 is 9.47 Å². The summed E-state index contributed by atoms with van der Waals surface area (Å²) in [7, 11) is 0. The first-order chi connectivity index (χ1) is 21.7. The summed E-state index contributed by atoms with van der Waals surface area (Å²) in [5, 5.41) is 0. The monoisotopic (exact) mass is 598 g/mol. The van der Waals surface area contributed by atoms with Crippen molar-refractivity contribution in [3.05, 3.63) is 71.8 Å². The summed E-state index contributed by atoms with van der Waals surface area (Å²) in [5.74, 6) is 1.64. The second-order valence-corrected chi connectivity index (χ2v) is 12.0. The Labute approximate surface area is 266 Å². The number of carbonyl (C=O) groups excluding carboxylic acids is 2. The minimum absolute atomic E-state index is 0.549. The van der Waals surface area contributed by atoms with Crippen LogP contribution in [0.15, 0.2) is 60.7 Å². The molecule has 0 atom stereocenters. The average Bonchev–Trinajstić information content (AvgIpc) is 3.06. The van der Waals surface area contributed by atoms with Crippen molar-refractivity contribution in [2.45, 2.75) is 117 Å². The topological polar surface area (TPSA) is 52.6 Å². The van der Waals surface area contributed by atoms with Gasteiger partial charge >= 0.3 is 0 Å². The van der Waals surface area contributed by atoms with Crippen LogP contribution in [0.3, 0.4) is 0 Å². The van der Waals surface area contributed by atoms with Crippen LogP contribution in [-0.2, 0) is 0 Å². The van der Waals surface area contributed by atoms with E-state index in [9.17, 15) is 9.59 Å². The molecule has 238 valence electrons. The van der Waals surface area contributed by atoms with E-state index in [0.29, 0.717) is 24.3 Å². The van der Waals surface area contributed by atoms with Gasteiger partial charge in [0.2, 0.25) is 0 Å². The molecule has 0 aliphatic heterocycles. The van der Waals surface area contributed by atoms with E-state index in [-0.39, 0.29) is 0 Å². The van der Waals surface area contributed by atoms with E-state index in [0.717, 1.165) is 59.2 Å². The van der Waals surface area contributed by atoms with Gasteiger partial charge in [-0.2, -0.15) is 0 Å². The quantitative estimate of drug-likeness (QED) is 0.0760. The van der Waals surface area contributed by atoms with Gasteiger partial charge in [-0.15, -0.1) is 0 Å². The minimum atomic E-state index is 0.549. The molecule has 0 spiro atoms. The molecule has 0 N–H and O–H groups in total. The second kappa shape index (κ2) is 21.3. The molecule has 0 radical (unpaired) electrons. The normalized spacial score (nSPS) is 11.0. The molecule has 0 heterocycles. The van der Waals surface area contributed by atoms with Crippen LogP contribution in [0.25, 0.3) is 22.3 Å². The van der Waals surface area contributed by atoms with E-state index in [4.69, 9.17) is 9.47 Å². The third-order valence-electron chi connectivity index (χ3n) is 8.34. The van der Waals surface area contributed by atoms with Crippen molar-refractivity contribution >= 4 is 12.6 Å². The highest BCUT2D eigenvalue weighted by molar-refractivity contribution is 5.97. The standard InChI is InChI=1S/C40H54O4/c1-3-5-7-9-11-13-15-17-27-43-37-23-19-33(20-24-37)39-29-36(32-42)40(30-35(39)31-41)34-21-25-38(26-22-34)44-28-18-16-14-12-10-8-6-4-2/h19-26,29-32H,3-18,27-28H2,1-2H3. The fraction of sp³-hybridized carbons (Fsp3) is 0.500. The molecule has 0 saturated heterocycles. The first kappa shape index (κ1) is 35.1. The van der Waals surface area contributed by atoms with E-state index in [1.54, 1.807) is 0 Å². The van der Waals surface area contributed by atoms with Gasteiger partial charge in [-0.05, 0) is 71.5 Å². The molecule has 0 fully saturated rings. The maximum absolute atomic E-state index is 12.1. The van der Waals surface area contributed by atoms with Gasteiger partial charge in [0.15, 0.2) is 12.6 Å². The van der Waals surface area contributed by atoms with Gasteiger partial charge in [0.05, 0.1) is 13.2 Å². The number of hydrogen-bond acceptors (Lipinski definition) is 4. The summed E-state index contributed by atoms with van der Waals surface area (Å²) >= 11 is 0. The molecule has 3 aromatic rings. The highest BCUT2D eigenvalue weighted by Crippen LogP contribution is 2.33. The highest BCUT2D eigenvalue weighted by atomic mass is 16.5. The van der Waals surface area contributed by atoms with Crippen molar-refractivity contribution in [3.8, 4) is 33.8 Å². The summed E-state index contributed by atoms with van der Waals surface area (Å²) in [6, 6.07) is 19.2. The van der Waals surface area contributed by atoms with Crippen LogP contribution in [0, 0.1) is 0 Å². The Morgan fingerprint density at radius 2 is 0.773 bits per heavy atom. The van der Waals surface area contributed by atoms with E-state index in [1.165, 1.54) is 89.9 Å². The predicted molar refractivity (Wildman–Crippen MR) is 184 cm³/mol. The molecule has 0 aliphatic carbocycles. The van der Waals surface area contributed by atoms with Crippen molar-refractivity contribution < 1.29 is 19.1 Å². The Morgan fingerprint density at radius 3 is 1.09 bits per heavy atom. The highest BCUT2D eigenvalue weighted by Gasteiger charge is 2.13. The third-order valence-corrected chi connectivity index (χ3v) is 8.34. The van der Waals surface area contributed by atoms with Gasteiger partial charge in [-0.1, -0.05) is 128 Å². The zero-order valence-electron chi connectivity index (χ0n) is 27.3. The predicted octanol–water partition coefficient (Wildman–Crippen LogP) is 11.7. The zero-order valence-corrected chi connectivity index (χ0v) is 27.3. The molecule has 0 aromatic heterocycles. The number of ether oxygens (including phenoxy) is 2. The largest absolute Gasteiger partial charge is 0.494 e. The Balaban J connectivity index is 1.52. The molecule has 4 heteroatoms. The summed E-state index contributed by atoms with van der Waals surface area (Å²) in [6.45, 7) is 5.92. The Hall–Kier alpha value is -3.40. The van der Waals surface area contributed by atoms with E-state index in [1.807, 2.05) is 60.7 Å². The Bertz CT molecular complexity index is 1120. The summed E-state index contributed by atoms with van der Waals surface area (Å²) in [5.41, 5.74) is 4.34. The number of hydrogen-bond donors (Lipinski definition) is 0. The number of aldehydes is 2. The van der Waals surface area contributed by atoms with E-state index in [2.05, 4.69) is 13.8 Å². The van der Waals surface area contributed by atoms with Crippen LogP contribution in [0.4, 0.5) is 0 Å². The fourth-order valence-electron chi connectivity index (χ4n) is 5.64. The van der Waals surface area contributed by atoms with Crippen LogP contribution in [-0.4, -0.2) is 25.8 Å².